The summed E-state index contributed by atoms with van der Waals surface area (Å²) in [5.41, 5.74) is 1.49. The molecule has 0 aromatic heterocycles. The Morgan fingerprint density at radius 2 is 1.67 bits per heavy atom. The fraction of sp³-hybridized carbons (Fsp3) is 0.458. The predicted octanol–water partition coefficient (Wildman–Crippen LogP) is 3.31. The lowest BCUT2D eigenvalue weighted by Gasteiger charge is -2.19. The minimum absolute atomic E-state index is 0.165. The number of hydrogen-bond donors (Lipinski definition) is 1. The lowest BCUT2D eigenvalue weighted by atomic mass is 10.1. The largest absolute Gasteiger partial charge is 0.497 e. The summed E-state index contributed by atoms with van der Waals surface area (Å²) in [5.74, 6) is 1.73. The minimum atomic E-state index is -3.54. The molecule has 0 saturated carbocycles. The molecule has 9 heteroatoms. The molecule has 1 amide bonds. The second kappa shape index (κ2) is 10.9. The van der Waals surface area contributed by atoms with E-state index in [1.807, 2.05) is 13.0 Å². The van der Waals surface area contributed by atoms with Crippen LogP contribution >= 0.6 is 0 Å². The maximum absolute atomic E-state index is 12.9. The molecule has 180 valence electrons. The van der Waals surface area contributed by atoms with E-state index < -0.39 is 10.0 Å². The molecular formula is C24H32N2O6S. The summed E-state index contributed by atoms with van der Waals surface area (Å²) < 4.78 is 43.5. The first-order valence-corrected chi connectivity index (χ1v) is 12.4. The standard InChI is InChI=1S/C24H32N2O6S/c1-17(21-16-19(30-2)8-10-23(21)32-4)25-24(27)12-7-18-15-20(9-11-22(18)31-3)33(28,29)26-13-5-6-14-26/h8-11,15-17H,5-7,12-14H2,1-4H3,(H,25,27)/t17-/m0/s1. The van der Waals surface area contributed by atoms with Crippen molar-refractivity contribution in [2.24, 2.45) is 0 Å². The highest BCUT2D eigenvalue weighted by atomic mass is 32.2. The smallest absolute Gasteiger partial charge is 0.243 e. The second-order valence-electron chi connectivity index (χ2n) is 7.98. The molecule has 3 rings (SSSR count). The van der Waals surface area contributed by atoms with Gasteiger partial charge in [-0.2, -0.15) is 4.31 Å². The minimum Gasteiger partial charge on any atom is -0.497 e. The number of benzene rings is 2. The lowest BCUT2D eigenvalue weighted by Crippen LogP contribution is -2.28. The van der Waals surface area contributed by atoms with Gasteiger partial charge in [-0.15, -0.1) is 0 Å². The van der Waals surface area contributed by atoms with Crippen LogP contribution in [-0.2, 0) is 21.2 Å². The molecule has 1 saturated heterocycles. The van der Waals surface area contributed by atoms with Crippen LogP contribution in [0.4, 0.5) is 0 Å². The molecule has 8 nitrogen and oxygen atoms in total. The average Bonchev–Trinajstić information content (AvgIpc) is 3.38. The monoisotopic (exact) mass is 476 g/mol. The van der Waals surface area contributed by atoms with Crippen LogP contribution in [0.25, 0.3) is 0 Å². The first kappa shape index (κ1) is 24.9. The molecule has 1 aliphatic rings. The van der Waals surface area contributed by atoms with E-state index in [0.717, 1.165) is 18.4 Å². The number of sulfonamides is 1. The molecule has 33 heavy (non-hydrogen) atoms. The van der Waals surface area contributed by atoms with Crippen LogP contribution in [0.5, 0.6) is 17.2 Å². The van der Waals surface area contributed by atoms with E-state index in [0.29, 0.717) is 42.3 Å². The van der Waals surface area contributed by atoms with Crippen molar-refractivity contribution in [3.8, 4) is 17.2 Å². The van der Waals surface area contributed by atoms with E-state index in [2.05, 4.69) is 5.32 Å². The Morgan fingerprint density at radius 3 is 2.30 bits per heavy atom. The first-order chi connectivity index (χ1) is 15.8. The van der Waals surface area contributed by atoms with E-state index in [9.17, 15) is 13.2 Å². The summed E-state index contributed by atoms with van der Waals surface area (Å²) in [6.45, 7) is 2.95. The maximum atomic E-state index is 12.9. The number of aryl methyl sites for hydroxylation is 1. The van der Waals surface area contributed by atoms with E-state index in [1.165, 1.54) is 11.4 Å². The average molecular weight is 477 g/mol. The molecule has 0 radical (unpaired) electrons. The van der Waals surface area contributed by atoms with Gasteiger partial charge in [0.15, 0.2) is 0 Å². The van der Waals surface area contributed by atoms with Crippen molar-refractivity contribution in [2.75, 3.05) is 34.4 Å². The van der Waals surface area contributed by atoms with Gasteiger partial charge in [-0.25, -0.2) is 8.42 Å². The third-order valence-electron chi connectivity index (χ3n) is 5.86. The van der Waals surface area contributed by atoms with E-state index >= 15 is 0 Å². The van der Waals surface area contributed by atoms with Crippen LogP contribution < -0.4 is 19.5 Å². The van der Waals surface area contributed by atoms with Gasteiger partial charge in [-0.1, -0.05) is 0 Å². The number of nitrogens with zero attached hydrogens (tertiary/aromatic N) is 1. The van der Waals surface area contributed by atoms with Gasteiger partial charge in [0, 0.05) is 25.1 Å². The van der Waals surface area contributed by atoms with Gasteiger partial charge in [0.05, 0.1) is 32.3 Å². The zero-order valence-electron chi connectivity index (χ0n) is 19.6. The highest BCUT2D eigenvalue weighted by Crippen LogP contribution is 2.30. The molecule has 2 aromatic carbocycles. The number of methoxy groups -OCH3 is 3. The number of rotatable bonds is 10. The molecule has 0 bridgehead atoms. The molecule has 1 aliphatic heterocycles. The molecule has 0 aliphatic carbocycles. The van der Waals surface area contributed by atoms with Crippen LogP contribution in [0.1, 0.15) is 43.4 Å². The third kappa shape index (κ3) is 5.78. The molecular weight excluding hydrogens is 444 g/mol. The SMILES string of the molecule is COc1ccc(OC)c([C@H](C)NC(=O)CCc2cc(S(=O)(=O)N3CCCC3)ccc2OC)c1. The Morgan fingerprint density at radius 1 is 1.00 bits per heavy atom. The second-order valence-corrected chi connectivity index (χ2v) is 9.92. The number of carbonyl (C=O) groups is 1. The summed E-state index contributed by atoms with van der Waals surface area (Å²) in [7, 11) is 1.15. The molecule has 2 aromatic rings. The van der Waals surface area contributed by atoms with Crippen molar-refractivity contribution in [3.63, 3.8) is 0 Å². The van der Waals surface area contributed by atoms with Crippen LogP contribution in [0, 0.1) is 0 Å². The molecule has 0 unspecified atom stereocenters. The van der Waals surface area contributed by atoms with Gasteiger partial charge < -0.3 is 19.5 Å². The normalized spacial score (nSPS) is 15.2. The Bertz CT molecular complexity index is 1080. The Kier molecular flexibility index (Phi) is 8.20. The predicted molar refractivity (Wildman–Crippen MR) is 125 cm³/mol. The Hall–Kier alpha value is -2.78. The van der Waals surface area contributed by atoms with Crippen molar-refractivity contribution >= 4 is 15.9 Å². The third-order valence-corrected chi connectivity index (χ3v) is 7.75. The maximum Gasteiger partial charge on any atom is 0.243 e. The van der Waals surface area contributed by atoms with Crippen molar-refractivity contribution in [1.29, 1.82) is 0 Å². The van der Waals surface area contributed by atoms with Crippen LogP contribution in [0.3, 0.4) is 0 Å². The van der Waals surface area contributed by atoms with E-state index in [-0.39, 0.29) is 23.3 Å². The zero-order valence-corrected chi connectivity index (χ0v) is 20.4. The van der Waals surface area contributed by atoms with Gasteiger partial charge in [-0.3, -0.25) is 4.79 Å². The van der Waals surface area contributed by atoms with Gasteiger partial charge in [0.2, 0.25) is 15.9 Å². The molecule has 1 atom stereocenters. The first-order valence-electron chi connectivity index (χ1n) is 11.0. The van der Waals surface area contributed by atoms with Gasteiger partial charge in [0.25, 0.3) is 0 Å². The highest BCUT2D eigenvalue weighted by molar-refractivity contribution is 7.89. The van der Waals surface area contributed by atoms with Crippen molar-refractivity contribution < 1.29 is 27.4 Å². The number of hydrogen-bond acceptors (Lipinski definition) is 6. The Labute approximate surface area is 195 Å². The molecule has 1 fully saturated rings. The van der Waals surface area contributed by atoms with E-state index in [4.69, 9.17) is 14.2 Å². The van der Waals surface area contributed by atoms with Crippen molar-refractivity contribution in [3.05, 3.63) is 47.5 Å². The molecule has 0 spiro atoms. The van der Waals surface area contributed by atoms with Gasteiger partial charge in [-0.05, 0) is 68.1 Å². The fourth-order valence-electron chi connectivity index (χ4n) is 4.01. The van der Waals surface area contributed by atoms with Gasteiger partial charge in [0.1, 0.15) is 17.2 Å². The number of amides is 1. The summed E-state index contributed by atoms with van der Waals surface area (Å²) in [6.07, 6.45) is 2.28. The van der Waals surface area contributed by atoms with Crippen LogP contribution in [0.15, 0.2) is 41.3 Å². The topological polar surface area (TPSA) is 94.2 Å². The summed E-state index contributed by atoms with van der Waals surface area (Å²) in [4.78, 5) is 12.9. The number of nitrogens with one attached hydrogen (secondary N) is 1. The van der Waals surface area contributed by atoms with Crippen LogP contribution in [-0.4, -0.2) is 53.0 Å². The molecule has 1 N–H and O–H groups in total. The molecule has 1 heterocycles. The van der Waals surface area contributed by atoms with Crippen molar-refractivity contribution in [2.45, 2.75) is 43.5 Å². The Balaban J connectivity index is 1.71. The zero-order chi connectivity index (χ0) is 24.0. The number of carbonyl (C=O) groups excluding carboxylic acids is 1. The highest BCUT2D eigenvalue weighted by Gasteiger charge is 2.28. The quantitative estimate of drug-likeness (QED) is 0.566. The number of ether oxygens (including phenoxy) is 3. The van der Waals surface area contributed by atoms with E-state index in [1.54, 1.807) is 44.6 Å². The van der Waals surface area contributed by atoms with Gasteiger partial charge >= 0.3 is 0 Å². The fourth-order valence-corrected chi connectivity index (χ4v) is 5.57. The van der Waals surface area contributed by atoms with Crippen molar-refractivity contribution in [1.82, 2.24) is 9.62 Å². The summed E-state index contributed by atoms with van der Waals surface area (Å²) in [5, 5.41) is 2.98. The van der Waals surface area contributed by atoms with Crippen LogP contribution in [0.2, 0.25) is 0 Å². The lowest BCUT2D eigenvalue weighted by molar-refractivity contribution is -0.121. The summed E-state index contributed by atoms with van der Waals surface area (Å²) >= 11 is 0. The summed E-state index contributed by atoms with van der Waals surface area (Å²) in [6, 6.07) is 9.97.